The maximum Gasteiger partial charge on any atom is 0.154 e. The molecule has 0 aliphatic carbocycles. The molecule has 0 bridgehead atoms. The van der Waals surface area contributed by atoms with E-state index in [0.717, 1.165) is 29.1 Å². The Morgan fingerprint density at radius 1 is 1.21 bits per heavy atom. The molecule has 5 heteroatoms. The molecule has 3 heterocycles. The minimum absolute atomic E-state index is 0.348. The van der Waals surface area contributed by atoms with E-state index in [1.165, 1.54) is 12.3 Å². The number of hydrogen-bond donors (Lipinski definition) is 0. The molecule has 0 aliphatic rings. The van der Waals surface area contributed by atoms with Crippen molar-refractivity contribution in [2.24, 2.45) is 0 Å². The fourth-order valence-corrected chi connectivity index (χ4v) is 2.11. The Morgan fingerprint density at radius 3 is 2.74 bits per heavy atom. The summed E-state index contributed by atoms with van der Waals surface area (Å²) in [6, 6.07) is 6.88. The Hall–Kier alpha value is -2.30. The summed E-state index contributed by atoms with van der Waals surface area (Å²) in [7, 11) is 0. The number of imidazole rings is 1. The zero-order chi connectivity index (χ0) is 13.4. The fraction of sp³-hybridized carbons (Fsp3) is 0.214. The number of nitrogens with zero attached hydrogens (tertiary/aromatic N) is 4. The van der Waals surface area contributed by atoms with Crippen LogP contribution in [0.4, 0.5) is 4.39 Å². The first-order valence-electron chi connectivity index (χ1n) is 6.16. The van der Waals surface area contributed by atoms with E-state index in [-0.39, 0.29) is 5.82 Å². The lowest BCUT2D eigenvalue weighted by Gasteiger charge is -2.01. The lowest BCUT2D eigenvalue weighted by Crippen LogP contribution is -1.99. The van der Waals surface area contributed by atoms with Gasteiger partial charge in [0.2, 0.25) is 0 Å². The third-order valence-corrected chi connectivity index (χ3v) is 3.01. The second-order valence-corrected chi connectivity index (χ2v) is 4.37. The topological polar surface area (TPSA) is 43.1 Å². The highest BCUT2D eigenvalue weighted by Gasteiger charge is 2.14. The molecule has 0 radical (unpaired) electrons. The van der Waals surface area contributed by atoms with Gasteiger partial charge in [0.25, 0.3) is 0 Å². The van der Waals surface area contributed by atoms with Crippen LogP contribution in [-0.4, -0.2) is 19.6 Å². The molecular weight excluding hydrogens is 243 g/mol. The van der Waals surface area contributed by atoms with Gasteiger partial charge in [-0.15, -0.1) is 0 Å². The Balaban J connectivity index is 2.25. The monoisotopic (exact) mass is 256 g/mol. The zero-order valence-electron chi connectivity index (χ0n) is 10.8. The molecule has 0 N–H and O–H groups in total. The number of halogens is 1. The maximum atomic E-state index is 12.9. The molecule has 3 rings (SSSR count). The Bertz CT molecular complexity index is 731. The van der Waals surface area contributed by atoms with Crippen molar-refractivity contribution in [1.29, 1.82) is 0 Å². The molecule has 0 aliphatic heterocycles. The SMILES string of the molecule is CCc1c(-c2ccc(F)cn2)nc2ccc(C)nn12. The summed E-state index contributed by atoms with van der Waals surface area (Å²) in [5, 5.41) is 4.46. The van der Waals surface area contributed by atoms with Gasteiger partial charge in [-0.2, -0.15) is 5.10 Å². The van der Waals surface area contributed by atoms with Crippen molar-refractivity contribution in [1.82, 2.24) is 19.6 Å². The second-order valence-electron chi connectivity index (χ2n) is 4.37. The summed E-state index contributed by atoms with van der Waals surface area (Å²) >= 11 is 0. The third kappa shape index (κ3) is 1.97. The van der Waals surface area contributed by atoms with Crippen molar-refractivity contribution in [2.45, 2.75) is 20.3 Å². The molecular formula is C14H13FN4. The first-order valence-corrected chi connectivity index (χ1v) is 6.16. The predicted octanol–water partition coefficient (Wildman–Crippen LogP) is 2.80. The van der Waals surface area contributed by atoms with Gasteiger partial charge in [-0.25, -0.2) is 13.9 Å². The van der Waals surface area contributed by atoms with Gasteiger partial charge in [0.15, 0.2) is 5.65 Å². The van der Waals surface area contributed by atoms with Crippen LogP contribution in [0.3, 0.4) is 0 Å². The molecule has 0 spiro atoms. The molecule has 0 amide bonds. The quantitative estimate of drug-likeness (QED) is 0.708. The molecule has 19 heavy (non-hydrogen) atoms. The number of hydrogen-bond acceptors (Lipinski definition) is 3. The van der Waals surface area contributed by atoms with E-state index in [1.807, 2.05) is 30.5 Å². The fourth-order valence-electron chi connectivity index (χ4n) is 2.11. The second kappa shape index (κ2) is 4.42. The van der Waals surface area contributed by atoms with Crippen molar-refractivity contribution in [3.8, 4) is 11.4 Å². The number of fused-ring (bicyclic) bond motifs is 1. The predicted molar refractivity (Wildman–Crippen MR) is 70.3 cm³/mol. The van der Waals surface area contributed by atoms with Gasteiger partial charge in [-0.3, -0.25) is 4.98 Å². The Labute approximate surface area is 109 Å². The van der Waals surface area contributed by atoms with Crippen LogP contribution < -0.4 is 0 Å². The van der Waals surface area contributed by atoms with Crippen molar-refractivity contribution >= 4 is 5.65 Å². The standard InChI is InChI=1S/C14H13FN4/c1-3-12-14(11-6-5-10(15)8-16-11)17-13-7-4-9(2)18-19(12)13/h4-8H,3H2,1-2H3. The number of rotatable bonds is 2. The first kappa shape index (κ1) is 11.8. The van der Waals surface area contributed by atoms with Crippen LogP contribution in [0, 0.1) is 12.7 Å². The lowest BCUT2D eigenvalue weighted by atomic mass is 10.2. The van der Waals surface area contributed by atoms with Crippen LogP contribution in [0.15, 0.2) is 30.5 Å². The van der Waals surface area contributed by atoms with E-state index in [1.54, 1.807) is 6.07 Å². The average molecular weight is 256 g/mol. The molecule has 0 saturated carbocycles. The van der Waals surface area contributed by atoms with Gasteiger partial charge in [0.1, 0.15) is 11.5 Å². The third-order valence-electron chi connectivity index (χ3n) is 3.01. The lowest BCUT2D eigenvalue weighted by molar-refractivity contribution is 0.622. The molecule has 0 atom stereocenters. The number of aromatic nitrogens is 4. The van der Waals surface area contributed by atoms with E-state index in [2.05, 4.69) is 15.1 Å². The normalized spacial score (nSPS) is 11.1. The van der Waals surface area contributed by atoms with Gasteiger partial charge < -0.3 is 0 Å². The highest BCUT2D eigenvalue weighted by molar-refractivity contribution is 5.62. The van der Waals surface area contributed by atoms with Crippen LogP contribution in [0.2, 0.25) is 0 Å². The number of pyridine rings is 1. The molecule has 0 saturated heterocycles. The Morgan fingerprint density at radius 2 is 2.05 bits per heavy atom. The summed E-state index contributed by atoms with van der Waals surface area (Å²) < 4.78 is 14.8. The summed E-state index contributed by atoms with van der Waals surface area (Å²) in [6.45, 7) is 3.98. The van der Waals surface area contributed by atoms with E-state index in [0.29, 0.717) is 5.69 Å². The smallest absolute Gasteiger partial charge is 0.154 e. The molecule has 4 nitrogen and oxygen atoms in total. The molecule has 0 aromatic carbocycles. The molecule has 3 aromatic heterocycles. The van der Waals surface area contributed by atoms with E-state index in [4.69, 9.17) is 0 Å². The molecule has 0 fully saturated rings. The van der Waals surface area contributed by atoms with Crippen molar-refractivity contribution in [3.05, 3.63) is 47.7 Å². The van der Waals surface area contributed by atoms with Gasteiger partial charge >= 0.3 is 0 Å². The van der Waals surface area contributed by atoms with Gasteiger partial charge in [0.05, 0.1) is 23.3 Å². The first-order chi connectivity index (χ1) is 9.19. The number of aryl methyl sites for hydroxylation is 2. The molecule has 0 unspecified atom stereocenters. The maximum absolute atomic E-state index is 12.9. The van der Waals surface area contributed by atoms with Gasteiger partial charge in [-0.05, 0) is 37.6 Å². The summed E-state index contributed by atoms with van der Waals surface area (Å²) in [4.78, 5) is 8.64. The van der Waals surface area contributed by atoms with Gasteiger partial charge in [0, 0.05) is 0 Å². The molecule has 3 aromatic rings. The highest BCUT2D eigenvalue weighted by Crippen LogP contribution is 2.22. The van der Waals surface area contributed by atoms with Crippen LogP contribution >= 0.6 is 0 Å². The summed E-state index contributed by atoms with van der Waals surface area (Å²) in [5.74, 6) is -0.348. The zero-order valence-corrected chi connectivity index (χ0v) is 10.8. The van der Waals surface area contributed by atoms with E-state index >= 15 is 0 Å². The summed E-state index contributed by atoms with van der Waals surface area (Å²) in [5.41, 5.74) is 4.13. The van der Waals surface area contributed by atoms with E-state index in [9.17, 15) is 4.39 Å². The summed E-state index contributed by atoms with van der Waals surface area (Å²) in [6.07, 6.45) is 1.99. The minimum Gasteiger partial charge on any atom is -0.251 e. The van der Waals surface area contributed by atoms with Crippen molar-refractivity contribution in [2.75, 3.05) is 0 Å². The van der Waals surface area contributed by atoms with Crippen LogP contribution in [0.1, 0.15) is 18.3 Å². The highest BCUT2D eigenvalue weighted by atomic mass is 19.1. The van der Waals surface area contributed by atoms with Crippen LogP contribution in [-0.2, 0) is 6.42 Å². The van der Waals surface area contributed by atoms with E-state index < -0.39 is 0 Å². The average Bonchev–Trinajstić information content (AvgIpc) is 2.77. The largest absolute Gasteiger partial charge is 0.251 e. The Kier molecular flexibility index (Phi) is 2.74. The van der Waals surface area contributed by atoms with Crippen LogP contribution in [0.25, 0.3) is 17.0 Å². The molecule has 96 valence electrons. The van der Waals surface area contributed by atoms with Crippen LogP contribution in [0.5, 0.6) is 0 Å². The minimum atomic E-state index is -0.348. The van der Waals surface area contributed by atoms with Crippen molar-refractivity contribution < 1.29 is 4.39 Å². The van der Waals surface area contributed by atoms with Crippen molar-refractivity contribution in [3.63, 3.8) is 0 Å². The van der Waals surface area contributed by atoms with Gasteiger partial charge in [-0.1, -0.05) is 6.92 Å².